The van der Waals surface area contributed by atoms with Crippen LogP contribution in [0, 0.1) is 0 Å². The summed E-state index contributed by atoms with van der Waals surface area (Å²) in [6.07, 6.45) is 6.78. The van der Waals surface area contributed by atoms with Gasteiger partial charge < -0.3 is 4.74 Å². The molecule has 14 heavy (non-hydrogen) atoms. The van der Waals surface area contributed by atoms with Crippen LogP contribution in [-0.4, -0.2) is 12.6 Å². The van der Waals surface area contributed by atoms with Crippen molar-refractivity contribution in [3.8, 4) is 0 Å². The van der Waals surface area contributed by atoms with Gasteiger partial charge in [-0.1, -0.05) is 30.4 Å². The van der Waals surface area contributed by atoms with Crippen molar-refractivity contribution in [2.75, 3.05) is 6.61 Å². The lowest BCUT2D eigenvalue weighted by molar-refractivity contribution is -0.139. The van der Waals surface area contributed by atoms with E-state index in [2.05, 4.69) is 12.7 Å². The third kappa shape index (κ3) is 7.35. The zero-order valence-corrected chi connectivity index (χ0v) is 9.17. The number of esters is 1. The highest BCUT2D eigenvalue weighted by atomic mass is 16.5. The summed E-state index contributed by atoms with van der Waals surface area (Å²) in [5, 5.41) is 0. The smallest absolute Gasteiger partial charge is 0.302 e. The molecule has 0 aliphatic heterocycles. The zero-order chi connectivity index (χ0) is 11.0. The number of hydrogen-bond donors (Lipinski definition) is 0. The van der Waals surface area contributed by atoms with E-state index in [1.54, 1.807) is 0 Å². The first-order valence-corrected chi connectivity index (χ1v) is 4.64. The molecule has 0 saturated carbocycles. The van der Waals surface area contributed by atoms with Gasteiger partial charge in [0.2, 0.25) is 0 Å². The summed E-state index contributed by atoms with van der Waals surface area (Å²) in [5.41, 5.74) is 2.22. The molecular weight excluding hydrogens is 176 g/mol. The van der Waals surface area contributed by atoms with Crippen LogP contribution < -0.4 is 0 Å². The van der Waals surface area contributed by atoms with E-state index in [9.17, 15) is 4.79 Å². The molecular formula is C12H18O2. The molecule has 0 aliphatic rings. The zero-order valence-electron chi connectivity index (χ0n) is 9.17. The molecule has 0 unspecified atom stereocenters. The van der Waals surface area contributed by atoms with E-state index in [1.165, 1.54) is 6.92 Å². The first kappa shape index (κ1) is 12.7. The Labute approximate surface area is 86.0 Å². The largest absolute Gasteiger partial charge is 0.461 e. The lowest BCUT2D eigenvalue weighted by Crippen LogP contribution is -2.01. The average molecular weight is 194 g/mol. The van der Waals surface area contributed by atoms with Crippen molar-refractivity contribution < 1.29 is 9.53 Å². The third-order valence-electron chi connectivity index (χ3n) is 1.73. The summed E-state index contributed by atoms with van der Waals surface area (Å²) in [6.45, 7) is 9.40. The molecule has 0 aromatic carbocycles. The van der Waals surface area contributed by atoms with Gasteiger partial charge in [0.05, 0.1) is 0 Å². The van der Waals surface area contributed by atoms with Gasteiger partial charge in [-0.15, -0.1) is 0 Å². The van der Waals surface area contributed by atoms with Crippen LogP contribution in [0.4, 0.5) is 0 Å². The maximum atomic E-state index is 10.5. The van der Waals surface area contributed by atoms with Crippen molar-refractivity contribution in [3.05, 3.63) is 36.0 Å². The van der Waals surface area contributed by atoms with Gasteiger partial charge in [-0.25, -0.2) is 0 Å². The molecule has 0 atom stereocenters. The molecule has 0 spiro atoms. The van der Waals surface area contributed by atoms with E-state index in [-0.39, 0.29) is 5.97 Å². The van der Waals surface area contributed by atoms with Crippen LogP contribution in [0.1, 0.15) is 27.2 Å². The van der Waals surface area contributed by atoms with Crippen LogP contribution in [0.25, 0.3) is 0 Å². The van der Waals surface area contributed by atoms with E-state index in [0.29, 0.717) is 6.61 Å². The van der Waals surface area contributed by atoms with E-state index in [4.69, 9.17) is 4.74 Å². The highest BCUT2D eigenvalue weighted by Gasteiger charge is 1.92. The van der Waals surface area contributed by atoms with Gasteiger partial charge in [-0.2, -0.15) is 0 Å². The molecule has 0 bridgehead atoms. The molecule has 0 aromatic rings. The highest BCUT2D eigenvalue weighted by Crippen LogP contribution is 2.01. The standard InChI is InChI=1S/C12H18O2/c1-5-10(2)7-6-8-11(3)9-14-12(4)13/h5,7-8H,1,6,9H2,2-4H3/b10-7-,11-8-. The number of allylic oxidation sites excluding steroid dienone is 4. The number of hydrogen-bond acceptors (Lipinski definition) is 2. The van der Waals surface area contributed by atoms with Crippen molar-refractivity contribution in [1.29, 1.82) is 0 Å². The first-order chi connectivity index (χ1) is 6.56. The summed E-state index contributed by atoms with van der Waals surface area (Å²) in [4.78, 5) is 10.5. The van der Waals surface area contributed by atoms with Crippen molar-refractivity contribution >= 4 is 5.97 Å². The normalized spacial score (nSPS) is 12.5. The number of carbonyl (C=O) groups is 1. The molecule has 0 amide bonds. The second-order valence-corrected chi connectivity index (χ2v) is 3.22. The maximum absolute atomic E-state index is 10.5. The maximum Gasteiger partial charge on any atom is 0.302 e. The van der Waals surface area contributed by atoms with E-state index >= 15 is 0 Å². The van der Waals surface area contributed by atoms with Crippen molar-refractivity contribution in [1.82, 2.24) is 0 Å². The molecule has 0 saturated heterocycles. The lowest BCUT2D eigenvalue weighted by atomic mass is 10.2. The first-order valence-electron chi connectivity index (χ1n) is 4.64. The van der Waals surface area contributed by atoms with Crippen molar-refractivity contribution in [2.24, 2.45) is 0 Å². The summed E-state index contributed by atoms with van der Waals surface area (Å²) in [5.74, 6) is -0.240. The Morgan fingerprint density at radius 3 is 2.43 bits per heavy atom. The molecule has 0 aliphatic carbocycles. The Bertz CT molecular complexity index is 259. The van der Waals surface area contributed by atoms with Crippen LogP contribution in [0.3, 0.4) is 0 Å². The molecule has 0 N–H and O–H groups in total. The summed E-state index contributed by atoms with van der Waals surface area (Å²) in [7, 11) is 0. The molecule has 0 heterocycles. The molecule has 0 rings (SSSR count). The Morgan fingerprint density at radius 2 is 1.93 bits per heavy atom. The molecule has 2 nitrogen and oxygen atoms in total. The second kappa shape index (κ2) is 7.13. The van der Waals surface area contributed by atoms with Crippen LogP contribution >= 0.6 is 0 Å². The van der Waals surface area contributed by atoms with Gasteiger partial charge in [0, 0.05) is 6.92 Å². The molecule has 78 valence electrons. The number of ether oxygens (including phenoxy) is 1. The minimum atomic E-state index is -0.240. The number of carbonyl (C=O) groups excluding carboxylic acids is 1. The van der Waals surface area contributed by atoms with E-state index < -0.39 is 0 Å². The Kier molecular flexibility index (Phi) is 6.46. The topological polar surface area (TPSA) is 26.3 Å². The fourth-order valence-electron chi connectivity index (χ4n) is 0.804. The van der Waals surface area contributed by atoms with E-state index in [0.717, 1.165) is 17.6 Å². The van der Waals surface area contributed by atoms with Gasteiger partial charge >= 0.3 is 5.97 Å². The number of rotatable bonds is 5. The Hall–Kier alpha value is -1.31. The van der Waals surface area contributed by atoms with E-state index in [1.807, 2.05) is 26.0 Å². The fraction of sp³-hybridized carbons (Fsp3) is 0.417. The molecule has 2 heteroatoms. The summed E-state index contributed by atoms with van der Waals surface area (Å²) >= 11 is 0. The molecule has 0 fully saturated rings. The minimum absolute atomic E-state index is 0.240. The van der Waals surface area contributed by atoms with Crippen LogP contribution in [-0.2, 0) is 9.53 Å². The van der Waals surface area contributed by atoms with Crippen molar-refractivity contribution in [3.63, 3.8) is 0 Å². The van der Waals surface area contributed by atoms with Crippen LogP contribution in [0.15, 0.2) is 36.0 Å². The third-order valence-corrected chi connectivity index (χ3v) is 1.73. The SMILES string of the molecule is C=C/C(C)=C\C/C=C(/C)COC(C)=O. The predicted octanol–water partition coefficient (Wildman–Crippen LogP) is 3.02. The Morgan fingerprint density at radius 1 is 1.29 bits per heavy atom. The van der Waals surface area contributed by atoms with Gasteiger partial charge in [0.15, 0.2) is 0 Å². The van der Waals surface area contributed by atoms with Crippen LogP contribution in [0.2, 0.25) is 0 Å². The van der Waals surface area contributed by atoms with Gasteiger partial charge in [-0.05, 0) is 25.8 Å². The van der Waals surface area contributed by atoms with Gasteiger partial charge in [-0.3, -0.25) is 4.79 Å². The highest BCUT2D eigenvalue weighted by molar-refractivity contribution is 5.66. The quantitative estimate of drug-likeness (QED) is 0.382. The van der Waals surface area contributed by atoms with Crippen molar-refractivity contribution in [2.45, 2.75) is 27.2 Å². The lowest BCUT2D eigenvalue weighted by Gasteiger charge is -2.00. The van der Waals surface area contributed by atoms with Gasteiger partial charge in [0.25, 0.3) is 0 Å². The Balaban J connectivity index is 3.88. The van der Waals surface area contributed by atoms with Gasteiger partial charge in [0.1, 0.15) is 6.61 Å². The molecule has 0 radical (unpaired) electrons. The van der Waals surface area contributed by atoms with Crippen LogP contribution in [0.5, 0.6) is 0 Å². The second-order valence-electron chi connectivity index (χ2n) is 3.22. The fourth-order valence-corrected chi connectivity index (χ4v) is 0.804. The summed E-state index contributed by atoms with van der Waals surface area (Å²) in [6, 6.07) is 0. The minimum Gasteiger partial charge on any atom is -0.461 e. The summed E-state index contributed by atoms with van der Waals surface area (Å²) < 4.78 is 4.84. The monoisotopic (exact) mass is 194 g/mol. The predicted molar refractivity (Wildman–Crippen MR) is 59.0 cm³/mol. The average Bonchev–Trinajstić information content (AvgIpc) is 2.14. The molecule has 0 aromatic heterocycles.